The summed E-state index contributed by atoms with van der Waals surface area (Å²) in [7, 11) is -3.68. The van der Waals surface area contributed by atoms with Gasteiger partial charge in [-0.25, -0.2) is 4.98 Å². The first-order valence-corrected chi connectivity index (χ1v) is 11.6. The zero-order chi connectivity index (χ0) is 22.6. The molecule has 9 heteroatoms. The highest BCUT2D eigenvalue weighted by Crippen LogP contribution is 2.30. The van der Waals surface area contributed by atoms with Gasteiger partial charge in [0.25, 0.3) is 10.1 Å². The number of carbonyl (C=O) groups is 1. The molecule has 3 aromatic rings. The minimum absolute atomic E-state index is 0.297. The summed E-state index contributed by atoms with van der Waals surface area (Å²) < 4.78 is 35.1. The lowest BCUT2D eigenvalue weighted by Gasteiger charge is -2.28. The van der Waals surface area contributed by atoms with E-state index in [-0.39, 0.29) is 12.4 Å². The average molecular weight is 463 g/mol. The molecule has 0 fully saturated rings. The molecule has 3 rings (SSSR count). The number of Topliss-reactive ketones (excluding diaryl/α,β-unsaturated/α-hetero) is 1. The first-order valence-electron chi connectivity index (χ1n) is 9.44. The zero-order valence-corrected chi connectivity index (χ0v) is 18.9. The van der Waals surface area contributed by atoms with Crippen LogP contribution in [0.4, 0.5) is 0 Å². The second-order valence-corrected chi connectivity index (χ2v) is 9.81. The van der Waals surface area contributed by atoms with Gasteiger partial charge < -0.3 is 4.74 Å². The molecule has 1 atom stereocenters. The van der Waals surface area contributed by atoms with Gasteiger partial charge in [-0.3, -0.25) is 13.5 Å². The first-order chi connectivity index (χ1) is 14.5. The van der Waals surface area contributed by atoms with Gasteiger partial charge in [0.1, 0.15) is 5.75 Å². The van der Waals surface area contributed by atoms with E-state index in [1.807, 2.05) is 36.4 Å². The molecule has 0 aliphatic carbocycles. The average Bonchev–Trinajstić information content (AvgIpc) is 3.25. The van der Waals surface area contributed by atoms with Crippen LogP contribution in [0.15, 0.2) is 67.3 Å². The first kappa shape index (κ1) is 23.0. The predicted molar refractivity (Wildman–Crippen MR) is 118 cm³/mol. The molecule has 2 aromatic carbocycles. The fourth-order valence-corrected chi connectivity index (χ4v) is 3.45. The third-order valence-electron chi connectivity index (χ3n) is 4.60. The lowest BCUT2D eigenvalue weighted by atomic mass is 9.88. The second-order valence-electron chi connectivity index (χ2n) is 7.73. The van der Waals surface area contributed by atoms with E-state index < -0.39 is 21.8 Å². The maximum Gasteiger partial charge on any atom is 0.264 e. The molecule has 0 bridgehead atoms. The van der Waals surface area contributed by atoms with Crippen LogP contribution in [-0.2, 0) is 19.1 Å². The van der Waals surface area contributed by atoms with E-state index in [9.17, 15) is 13.2 Å². The quantitative estimate of drug-likeness (QED) is 0.439. The van der Waals surface area contributed by atoms with Crippen LogP contribution < -0.4 is 4.74 Å². The van der Waals surface area contributed by atoms with Crippen molar-refractivity contribution in [3.63, 3.8) is 0 Å². The summed E-state index contributed by atoms with van der Waals surface area (Å²) in [5.41, 5.74) is 0.843. The van der Waals surface area contributed by atoms with E-state index in [0.717, 1.165) is 17.4 Å². The van der Waals surface area contributed by atoms with Crippen molar-refractivity contribution in [2.75, 3.05) is 12.9 Å². The highest BCUT2D eigenvalue weighted by Gasteiger charge is 2.37. The standard InChI is InChI=1S/C22H23ClN2O5S/c1-22(2,14-29-31(3,27)28)20(26)21(25-13-12-24-15-25)30-19-10-6-17(7-11-19)16-4-8-18(23)9-5-16/h4-13,15,21H,14H2,1-3H3. The van der Waals surface area contributed by atoms with Gasteiger partial charge in [-0.1, -0.05) is 49.7 Å². The summed E-state index contributed by atoms with van der Waals surface area (Å²) in [4.78, 5) is 17.2. The Morgan fingerprint density at radius 2 is 1.68 bits per heavy atom. The maximum absolute atomic E-state index is 13.2. The number of aromatic nitrogens is 2. The third kappa shape index (κ3) is 6.16. The molecule has 164 valence electrons. The largest absolute Gasteiger partial charge is 0.463 e. The van der Waals surface area contributed by atoms with Gasteiger partial charge in [-0.05, 0) is 35.4 Å². The molecule has 0 saturated heterocycles. The monoisotopic (exact) mass is 462 g/mol. The van der Waals surface area contributed by atoms with Crippen LogP contribution in [-0.4, -0.2) is 36.6 Å². The Balaban J connectivity index is 1.82. The molecule has 31 heavy (non-hydrogen) atoms. The fraction of sp³-hybridized carbons (Fsp3) is 0.273. The van der Waals surface area contributed by atoms with Gasteiger partial charge in [-0.15, -0.1) is 0 Å². The van der Waals surface area contributed by atoms with Crippen molar-refractivity contribution < 1.29 is 22.1 Å². The number of ketones is 1. The number of imidazole rings is 1. The predicted octanol–water partition coefficient (Wildman–Crippen LogP) is 4.35. The molecular formula is C22H23ClN2O5S. The third-order valence-corrected chi connectivity index (χ3v) is 5.40. The normalized spacial score (nSPS) is 13.0. The summed E-state index contributed by atoms with van der Waals surface area (Å²) in [6.45, 7) is 2.92. The number of rotatable bonds is 9. The molecule has 1 aromatic heterocycles. The van der Waals surface area contributed by atoms with Crippen LogP contribution in [0.25, 0.3) is 11.1 Å². The van der Waals surface area contributed by atoms with E-state index >= 15 is 0 Å². The number of hydrogen-bond acceptors (Lipinski definition) is 6. The number of hydrogen-bond donors (Lipinski definition) is 0. The zero-order valence-electron chi connectivity index (χ0n) is 17.4. The smallest absolute Gasteiger partial charge is 0.264 e. The highest BCUT2D eigenvalue weighted by atomic mass is 35.5. The van der Waals surface area contributed by atoms with Gasteiger partial charge in [0, 0.05) is 17.4 Å². The van der Waals surface area contributed by atoms with E-state index in [0.29, 0.717) is 10.8 Å². The Kier molecular flexibility index (Phi) is 6.83. The van der Waals surface area contributed by atoms with Crippen molar-refractivity contribution >= 4 is 27.5 Å². The van der Waals surface area contributed by atoms with Gasteiger partial charge >= 0.3 is 0 Å². The molecule has 0 N–H and O–H groups in total. The van der Waals surface area contributed by atoms with E-state index in [4.69, 9.17) is 20.5 Å². The van der Waals surface area contributed by atoms with Crippen LogP contribution in [0.1, 0.15) is 20.1 Å². The molecule has 7 nitrogen and oxygen atoms in total. The van der Waals surface area contributed by atoms with Gasteiger partial charge in [-0.2, -0.15) is 8.42 Å². The fourth-order valence-electron chi connectivity index (χ4n) is 2.81. The van der Waals surface area contributed by atoms with Gasteiger partial charge in [0.05, 0.1) is 24.6 Å². The number of carbonyl (C=O) groups excluding carboxylic acids is 1. The summed E-state index contributed by atoms with van der Waals surface area (Å²) in [6.07, 6.45) is 4.52. The van der Waals surface area contributed by atoms with Crippen LogP contribution in [0.5, 0.6) is 5.75 Å². The Morgan fingerprint density at radius 3 is 2.19 bits per heavy atom. The lowest BCUT2D eigenvalue weighted by Crippen LogP contribution is -2.39. The van der Waals surface area contributed by atoms with E-state index in [1.165, 1.54) is 17.1 Å². The Bertz CT molecular complexity index is 1130. The minimum Gasteiger partial charge on any atom is -0.463 e. The maximum atomic E-state index is 13.2. The van der Waals surface area contributed by atoms with Crippen molar-refractivity contribution in [3.8, 4) is 16.9 Å². The van der Waals surface area contributed by atoms with Crippen molar-refractivity contribution in [1.29, 1.82) is 0 Å². The van der Waals surface area contributed by atoms with Crippen LogP contribution in [0.2, 0.25) is 5.02 Å². The van der Waals surface area contributed by atoms with Crippen molar-refractivity contribution in [3.05, 3.63) is 72.3 Å². The number of benzene rings is 2. The summed E-state index contributed by atoms with van der Waals surface area (Å²) in [5, 5.41) is 0.660. The van der Waals surface area contributed by atoms with Gasteiger partial charge in [0.2, 0.25) is 12.0 Å². The van der Waals surface area contributed by atoms with Crippen LogP contribution >= 0.6 is 11.6 Å². The molecule has 0 aliphatic rings. The van der Waals surface area contributed by atoms with Crippen molar-refractivity contribution in [2.45, 2.75) is 20.1 Å². The summed E-state index contributed by atoms with van der Waals surface area (Å²) in [5.74, 6) is 0.125. The number of halogens is 1. The molecule has 1 heterocycles. The van der Waals surface area contributed by atoms with Crippen molar-refractivity contribution in [1.82, 2.24) is 9.55 Å². The second kappa shape index (κ2) is 9.21. The Morgan fingerprint density at radius 1 is 1.10 bits per heavy atom. The highest BCUT2D eigenvalue weighted by molar-refractivity contribution is 7.85. The SMILES string of the molecule is CC(C)(COS(C)(=O)=O)C(=O)C(Oc1ccc(-c2ccc(Cl)cc2)cc1)n1ccnc1. The van der Waals surface area contributed by atoms with Gasteiger partial charge in [0.15, 0.2) is 0 Å². The molecule has 0 spiro atoms. The molecule has 0 aliphatic heterocycles. The number of nitrogens with zero attached hydrogens (tertiary/aromatic N) is 2. The molecule has 0 saturated carbocycles. The van der Waals surface area contributed by atoms with E-state index in [1.54, 1.807) is 32.2 Å². The van der Waals surface area contributed by atoms with Crippen molar-refractivity contribution in [2.24, 2.45) is 5.41 Å². The summed E-state index contributed by atoms with van der Waals surface area (Å²) >= 11 is 5.94. The Hall–Kier alpha value is -2.68. The van der Waals surface area contributed by atoms with E-state index in [2.05, 4.69) is 4.98 Å². The van der Waals surface area contributed by atoms with Crippen LogP contribution in [0, 0.1) is 5.41 Å². The number of ether oxygens (including phenoxy) is 1. The molecule has 0 radical (unpaired) electrons. The minimum atomic E-state index is -3.68. The van der Waals surface area contributed by atoms with Crippen LogP contribution in [0.3, 0.4) is 0 Å². The molecular weight excluding hydrogens is 440 g/mol. The Labute approximate surface area is 186 Å². The molecule has 0 amide bonds. The topological polar surface area (TPSA) is 87.5 Å². The molecule has 1 unspecified atom stereocenters. The summed E-state index contributed by atoms with van der Waals surface area (Å²) in [6, 6.07) is 14.8. The lowest BCUT2D eigenvalue weighted by molar-refractivity contribution is -0.140.